The van der Waals surface area contributed by atoms with Crippen molar-refractivity contribution in [3.63, 3.8) is 0 Å². The molecule has 0 radical (unpaired) electrons. The quantitative estimate of drug-likeness (QED) is 0.739. The Bertz CT molecular complexity index is 754. The maximum Gasteiger partial charge on any atom is 0.119 e. The Hall–Kier alpha value is -2.43. The number of halogens is 1. The van der Waals surface area contributed by atoms with Gasteiger partial charge in [0.05, 0.1) is 12.6 Å². The predicted molar refractivity (Wildman–Crippen MR) is 79.2 cm³/mol. The molecule has 0 fully saturated rings. The summed E-state index contributed by atoms with van der Waals surface area (Å²) in [7, 11) is 1.61. The summed E-state index contributed by atoms with van der Waals surface area (Å²) in [4.78, 5) is 0. The fourth-order valence-electron chi connectivity index (χ4n) is 2.44. The SMILES string of the molecule is COc1ccc(C(C)(CF)n2nnc3ccccc32)cc1. The third kappa shape index (κ3) is 2.14. The van der Waals surface area contributed by atoms with E-state index in [1.807, 2.05) is 55.5 Å². The van der Waals surface area contributed by atoms with E-state index in [1.165, 1.54) is 0 Å². The molecule has 1 aromatic heterocycles. The molecule has 1 unspecified atom stereocenters. The molecule has 0 bridgehead atoms. The lowest BCUT2D eigenvalue weighted by molar-refractivity contribution is 0.264. The van der Waals surface area contributed by atoms with Gasteiger partial charge in [0, 0.05) is 0 Å². The van der Waals surface area contributed by atoms with Gasteiger partial charge in [0.2, 0.25) is 0 Å². The van der Waals surface area contributed by atoms with E-state index in [4.69, 9.17) is 4.74 Å². The Morgan fingerprint density at radius 1 is 1.14 bits per heavy atom. The maximum atomic E-state index is 13.9. The summed E-state index contributed by atoms with van der Waals surface area (Å²) in [5, 5.41) is 8.27. The van der Waals surface area contributed by atoms with Crippen molar-refractivity contribution in [3.05, 3.63) is 54.1 Å². The highest BCUT2D eigenvalue weighted by Crippen LogP contribution is 2.30. The monoisotopic (exact) mass is 285 g/mol. The number of hydrogen-bond acceptors (Lipinski definition) is 3. The molecule has 108 valence electrons. The number of para-hydroxylation sites is 1. The van der Waals surface area contributed by atoms with Gasteiger partial charge < -0.3 is 4.74 Å². The summed E-state index contributed by atoms with van der Waals surface area (Å²) in [5.41, 5.74) is 1.49. The van der Waals surface area contributed by atoms with Crippen LogP contribution in [0.1, 0.15) is 12.5 Å². The topological polar surface area (TPSA) is 39.9 Å². The number of aromatic nitrogens is 3. The highest BCUT2D eigenvalue weighted by Gasteiger charge is 2.32. The average Bonchev–Trinajstić information content (AvgIpc) is 2.99. The number of hydrogen-bond donors (Lipinski definition) is 0. The number of methoxy groups -OCH3 is 1. The first-order chi connectivity index (χ1) is 10.2. The number of nitrogens with zero attached hydrogens (tertiary/aromatic N) is 3. The predicted octanol–water partition coefficient (Wildman–Crippen LogP) is 3.17. The van der Waals surface area contributed by atoms with E-state index < -0.39 is 12.2 Å². The Morgan fingerprint density at radius 2 is 1.86 bits per heavy atom. The molecule has 0 N–H and O–H groups in total. The van der Waals surface area contributed by atoms with Crippen LogP contribution in [-0.2, 0) is 5.54 Å². The lowest BCUT2D eigenvalue weighted by Gasteiger charge is -2.27. The van der Waals surface area contributed by atoms with Crippen LogP contribution >= 0.6 is 0 Å². The largest absolute Gasteiger partial charge is 0.497 e. The lowest BCUT2D eigenvalue weighted by Crippen LogP contribution is -2.34. The summed E-state index contributed by atoms with van der Waals surface area (Å²) in [6, 6.07) is 14.9. The fraction of sp³-hybridized carbons (Fsp3) is 0.250. The molecular formula is C16H16FN3O. The van der Waals surface area contributed by atoms with Crippen molar-refractivity contribution in [1.29, 1.82) is 0 Å². The van der Waals surface area contributed by atoms with Gasteiger partial charge in [0.1, 0.15) is 23.5 Å². The van der Waals surface area contributed by atoms with Crippen molar-refractivity contribution < 1.29 is 9.13 Å². The zero-order valence-electron chi connectivity index (χ0n) is 12.0. The number of alkyl halides is 1. The summed E-state index contributed by atoms with van der Waals surface area (Å²) in [6.45, 7) is 1.24. The third-order valence-corrected chi connectivity index (χ3v) is 3.79. The molecular weight excluding hydrogens is 269 g/mol. The van der Waals surface area contributed by atoms with Gasteiger partial charge in [0.15, 0.2) is 0 Å². The van der Waals surface area contributed by atoms with Gasteiger partial charge in [-0.2, -0.15) is 0 Å². The second-order valence-corrected chi connectivity index (χ2v) is 5.13. The van der Waals surface area contributed by atoms with Crippen LogP contribution in [-0.4, -0.2) is 28.8 Å². The molecule has 3 rings (SSSR count). The Balaban J connectivity index is 2.14. The summed E-state index contributed by atoms with van der Waals surface area (Å²) in [5.74, 6) is 0.739. The molecule has 1 heterocycles. The van der Waals surface area contributed by atoms with Crippen LogP contribution < -0.4 is 4.74 Å². The summed E-state index contributed by atoms with van der Waals surface area (Å²) in [6.07, 6.45) is 0. The first-order valence-corrected chi connectivity index (χ1v) is 6.70. The molecule has 0 aliphatic carbocycles. The molecule has 21 heavy (non-hydrogen) atoms. The van der Waals surface area contributed by atoms with E-state index in [-0.39, 0.29) is 0 Å². The Kier molecular flexibility index (Phi) is 3.33. The molecule has 5 heteroatoms. The van der Waals surface area contributed by atoms with Crippen LogP contribution in [0.2, 0.25) is 0 Å². The van der Waals surface area contributed by atoms with Gasteiger partial charge in [-0.05, 0) is 36.8 Å². The van der Waals surface area contributed by atoms with Gasteiger partial charge in [-0.3, -0.25) is 0 Å². The standard InChI is InChI=1S/C16H16FN3O/c1-16(11-17,12-7-9-13(21-2)10-8-12)20-15-6-4-3-5-14(15)18-19-20/h3-10H,11H2,1-2H3. The molecule has 0 saturated carbocycles. The minimum atomic E-state index is -0.900. The average molecular weight is 285 g/mol. The number of fused-ring (bicyclic) bond motifs is 1. The molecule has 4 nitrogen and oxygen atoms in total. The fourth-order valence-corrected chi connectivity index (χ4v) is 2.44. The molecule has 0 spiro atoms. The van der Waals surface area contributed by atoms with Crippen LogP contribution in [0.5, 0.6) is 5.75 Å². The lowest BCUT2D eigenvalue weighted by atomic mass is 9.93. The number of ether oxygens (including phenoxy) is 1. The molecule has 0 amide bonds. The highest BCUT2D eigenvalue weighted by molar-refractivity contribution is 5.74. The van der Waals surface area contributed by atoms with E-state index in [0.717, 1.165) is 22.3 Å². The van der Waals surface area contributed by atoms with Gasteiger partial charge in [-0.1, -0.05) is 29.5 Å². The van der Waals surface area contributed by atoms with Gasteiger partial charge in [-0.25, -0.2) is 9.07 Å². The molecule has 3 aromatic rings. The molecule has 0 aliphatic rings. The molecule has 1 atom stereocenters. The maximum absolute atomic E-state index is 13.9. The van der Waals surface area contributed by atoms with E-state index in [1.54, 1.807) is 11.8 Å². The normalized spacial score (nSPS) is 14.0. The summed E-state index contributed by atoms with van der Waals surface area (Å²) >= 11 is 0. The Labute approximate surface area is 122 Å². The smallest absolute Gasteiger partial charge is 0.119 e. The highest BCUT2D eigenvalue weighted by atomic mass is 19.1. The third-order valence-electron chi connectivity index (χ3n) is 3.79. The van der Waals surface area contributed by atoms with Crippen LogP contribution in [0.25, 0.3) is 11.0 Å². The van der Waals surface area contributed by atoms with Crippen molar-refractivity contribution in [2.24, 2.45) is 0 Å². The van der Waals surface area contributed by atoms with Crippen molar-refractivity contribution in [1.82, 2.24) is 15.0 Å². The van der Waals surface area contributed by atoms with Crippen LogP contribution in [0.4, 0.5) is 4.39 Å². The molecule has 0 aliphatic heterocycles. The van der Waals surface area contributed by atoms with E-state index in [0.29, 0.717) is 0 Å². The van der Waals surface area contributed by atoms with Gasteiger partial charge >= 0.3 is 0 Å². The van der Waals surface area contributed by atoms with Crippen LogP contribution in [0.15, 0.2) is 48.5 Å². The second kappa shape index (κ2) is 5.16. The minimum Gasteiger partial charge on any atom is -0.497 e. The van der Waals surface area contributed by atoms with Crippen molar-refractivity contribution in [2.45, 2.75) is 12.5 Å². The van der Waals surface area contributed by atoms with Gasteiger partial charge in [0.25, 0.3) is 0 Å². The number of rotatable bonds is 4. The van der Waals surface area contributed by atoms with E-state index >= 15 is 0 Å². The molecule has 2 aromatic carbocycles. The zero-order valence-corrected chi connectivity index (χ0v) is 12.0. The second-order valence-electron chi connectivity index (χ2n) is 5.13. The minimum absolute atomic E-state index is 0.577. The first-order valence-electron chi connectivity index (χ1n) is 6.70. The Morgan fingerprint density at radius 3 is 2.52 bits per heavy atom. The zero-order chi connectivity index (χ0) is 14.9. The van der Waals surface area contributed by atoms with E-state index in [2.05, 4.69) is 10.3 Å². The van der Waals surface area contributed by atoms with Crippen LogP contribution in [0.3, 0.4) is 0 Å². The summed E-state index contributed by atoms with van der Waals surface area (Å²) < 4.78 is 20.7. The van der Waals surface area contributed by atoms with Crippen LogP contribution in [0, 0.1) is 0 Å². The van der Waals surface area contributed by atoms with Crippen molar-refractivity contribution in [2.75, 3.05) is 13.8 Å². The first kappa shape index (κ1) is 13.5. The van der Waals surface area contributed by atoms with Crippen molar-refractivity contribution in [3.8, 4) is 5.75 Å². The van der Waals surface area contributed by atoms with Gasteiger partial charge in [-0.15, -0.1) is 5.10 Å². The number of benzene rings is 2. The van der Waals surface area contributed by atoms with Crippen molar-refractivity contribution >= 4 is 11.0 Å². The molecule has 0 saturated heterocycles. The van der Waals surface area contributed by atoms with E-state index in [9.17, 15) is 4.39 Å².